The van der Waals surface area contributed by atoms with E-state index in [9.17, 15) is 57.5 Å². The largest absolute Gasteiger partial charge is 0.500 e. The normalized spacial score (nSPS) is 13.8. The predicted molar refractivity (Wildman–Crippen MR) is 123 cm³/mol. The van der Waals surface area contributed by atoms with Crippen molar-refractivity contribution in [3.63, 3.8) is 0 Å². The van der Waals surface area contributed by atoms with Crippen molar-refractivity contribution in [1.29, 1.82) is 0 Å². The van der Waals surface area contributed by atoms with Gasteiger partial charge in [-0.25, -0.2) is 31.1 Å². The van der Waals surface area contributed by atoms with E-state index in [1.54, 1.807) is 20.8 Å². The van der Waals surface area contributed by atoms with E-state index in [1.165, 1.54) is 0 Å². The molecular weight excluding hydrogens is 650 g/mol. The van der Waals surface area contributed by atoms with Crippen LogP contribution >= 0.6 is 0 Å². The second-order valence-corrected chi connectivity index (χ2v) is 11.3. The number of carbonyl (C=O) groups is 1. The quantitative estimate of drug-likeness (QED) is 0.0781. The van der Waals surface area contributed by atoms with E-state index in [2.05, 4.69) is 24.3 Å². The summed E-state index contributed by atoms with van der Waals surface area (Å²) in [6.07, 6.45) is -31.3. The van der Waals surface area contributed by atoms with Crippen molar-refractivity contribution >= 4 is 14.9 Å². The second-order valence-electron chi connectivity index (χ2n) is 8.54. The number of halogens is 12. The molecule has 0 rings (SSSR count). The number of alkyl halides is 12. The summed E-state index contributed by atoms with van der Waals surface area (Å²) in [5.41, 5.74) is -3.16. The van der Waals surface area contributed by atoms with Gasteiger partial charge in [0.15, 0.2) is 0 Å². The molecule has 0 aromatic heterocycles. The Kier molecular flexibility index (Phi) is 17.7. The molecule has 0 saturated carbocycles. The van der Waals surface area contributed by atoms with Gasteiger partial charge in [0.2, 0.25) is 0 Å². The number of carbonyl (C=O) groups excluding carboxylic acids is 1. The first kappa shape index (κ1) is 41.4. The number of amides is 1. The van der Waals surface area contributed by atoms with E-state index in [0.717, 1.165) is 0 Å². The monoisotopic (exact) mass is 683 g/mol. The third kappa shape index (κ3) is 14.8. The van der Waals surface area contributed by atoms with E-state index in [4.69, 9.17) is 13.3 Å². The molecule has 258 valence electrons. The van der Waals surface area contributed by atoms with E-state index in [1.807, 2.05) is 0 Å². The van der Waals surface area contributed by atoms with Crippen LogP contribution in [0.2, 0.25) is 6.04 Å². The van der Waals surface area contributed by atoms with Gasteiger partial charge in [0, 0.05) is 32.4 Å². The third-order valence-electron chi connectivity index (χ3n) is 5.01. The fourth-order valence-corrected chi connectivity index (χ4v) is 5.57. The minimum atomic E-state index is -5.39. The summed E-state index contributed by atoms with van der Waals surface area (Å²) in [7, 11) is -3.17. The summed E-state index contributed by atoms with van der Waals surface area (Å²) >= 11 is 0. The third-order valence-corrected chi connectivity index (χ3v) is 8.16. The van der Waals surface area contributed by atoms with Gasteiger partial charge in [-0.2, -0.15) is 26.3 Å². The standard InChI is InChI=1S/C21H33F12NO8Si/c1-4-40-43(41-5-2,42-6-3)9-7-8-34-17(35)36-10-18(11-37-19(28,29)14(22)23,12-38-20(30,31)15(24)25)13-39-21(32,33)16(26)27/h14-16H,4-13H2,1-3H3,(H,34,35). The lowest BCUT2D eigenvalue weighted by atomic mass is 9.92. The van der Waals surface area contributed by atoms with E-state index in [0.29, 0.717) is 0 Å². The molecule has 0 radical (unpaired) electrons. The van der Waals surface area contributed by atoms with Gasteiger partial charge in [0.05, 0.1) is 25.2 Å². The molecule has 0 aromatic carbocycles. The number of hydrogen-bond donors (Lipinski definition) is 1. The van der Waals surface area contributed by atoms with Crippen molar-refractivity contribution in [2.24, 2.45) is 5.41 Å². The smallest absolute Gasteiger partial charge is 0.449 e. The molecule has 0 fully saturated rings. The maximum Gasteiger partial charge on any atom is 0.500 e. The van der Waals surface area contributed by atoms with E-state index in [-0.39, 0.29) is 38.8 Å². The van der Waals surface area contributed by atoms with Crippen LogP contribution in [0.1, 0.15) is 27.2 Å². The Hall–Kier alpha value is -1.59. The Morgan fingerprint density at radius 2 is 1.00 bits per heavy atom. The average Bonchev–Trinajstić information content (AvgIpc) is 2.90. The van der Waals surface area contributed by atoms with Crippen LogP contribution in [-0.2, 0) is 32.2 Å². The molecule has 0 aliphatic heterocycles. The molecule has 22 heteroatoms. The van der Waals surface area contributed by atoms with Gasteiger partial charge < -0.3 is 37.5 Å². The van der Waals surface area contributed by atoms with Crippen molar-refractivity contribution in [3.05, 3.63) is 0 Å². The summed E-state index contributed by atoms with van der Waals surface area (Å²) in [5, 5.41) is 2.09. The van der Waals surface area contributed by atoms with Crippen LogP contribution in [-0.4, -0.2) is 105 Å². The SMILES string of the molecule is CCO[Si](CCCNC(=O)OCC(COC(F)(F)C(F)F)(COC(F)(F)C(F)F)COC(F)(F)C(F)F)(OCC)OCC. The van der Waals surface area contributed by atoms with Gasteiger partial charge >= 0.3 is 52.5 Å². The Bertz CT molecular complexity index is 724. The van der Waals surface area contributed by atoms with Crippen molar-refractivity contribution in [1.82, 2.24) is 5.32 Å². The second kappa shape index (κ2) is 18.4. The summed E-state index contributed by atoms with van der Waals surface area (Å²) in [5.74, 6) is 0. The fraction of sp³-hybridized carbons (Fsp3) is 0.952. The molecule has 0 spiro atoms. The highest BCUT2D eigenvalue weighted by Gasteiger charge is 2.51. The van der Waals surface area contributed by atoms with Gasteiger partial charge in [-0.05, 0) is 27.2 Å². The van der Waals surface area contributed by atoms with Gasteiger partial charge in [0.25, 0.3) is 0 Å². The van der Waals surface area contributed by atoms with Gasteiger partial charge in [-0.3, -0.25) is 0 Å². The summed E-state index contributed by atoms with van der Waals surface area (Å²) in [4.78, 5) is 12.2. The lowest BCUT2D eigenvalue weighted by molar-refractivity contribution is -0.349. The Balaban J connectivity index is 5.82. The van der Waals surface area contributed by atoms with Crippen molar-refractivity contribution in [3.8, 4) is 0 Å². The zero-order valence-corrected chi connectivity index (χ0v) is 24.1. The Labute approximate surface area is 239 Å². The molecule has 0 heterocycles. The molecule has 43 heavy (non-hydrogen) atoms. The number of rotatable bonds is 24. The first-order valence-electron chi connectivity index (χ1n) is 12.5. The molecule has 0 saturated heterocycles. The van der Waals surface area contributed by atoms with Gasteiger partial charge in [-0.1, -0.05) is 0 Å². The summed E-state index contributed by atoms with van der Waals surface area (Å²) in [6, 6.07) is 0.149. The minimum absolute atomic E-state index is 0.101. The van der Waals surface area contributed by atoms with Crippen molar-refractivity contribution in [2.45, 2.75) is 70.8 Å². The number of hydrogen-bond acceptors (Lipinski definition) is 8. The maximum absolute atomic E-state index is 13.4. The van der Waals surface area contributed by atoms with Crippen LogP contribution in [0, 0.1) is 5.41 Å². The molecule has 0 bridgehead atoms. The first-order chi connectivity index (χ1) is 19.7. The first-order valence-corrected chi connectivity index (χ1v) is 14.4. The summed E-state index contributed by atoms with van der Waals surface area (Å²) in [6.45, 7) is -2.43. The molecule has 1 amide bonds. The molecule has 0 aromatic rings. The highest BCUT2D eigenvalue weighted by Crippen LogP contribution is 2.35. The van der Waals surface area contributed by atoms with Crippen LogP contribution < -0.4 is 5.32 Å². The van der Waals surface area contributed by atoms with Crippen LogP contribution in [0.3, 0.4) is 0 Å². The van der Waals surface area contributed by atoms with E-state index < -0.39 is 84.3 Å². The minimum Gasteiger partial charge on any atom is -0.449 e. The molecule has 9 nitrogen and oxygen atoms in total. The molecule has 0 unspecified atom stereocenters. The van der Waals surface area contributed by atoms with Crippen LogP contribution in [0.15, 0.2) is 0 Å². The van der Waals surface area contributed by atoms with Gasteiger partial charge in [0.1, 0.15) is 6.61 Å². The van der Waals surface area contributed by atoms with Crippen molar-refractivity contribution in [2.75, 3.05) is 52.8 Å². The molecule has 0 atom stereocenters. The van der Waals surface area contributed by atoms with E-state index >= 15 is 0 Å². The predicted octanol–water partition coefficient (Wildman–Crippen LogP) is 5.76. The van der Waals surface area contributed by atoms with Crippen LogP contribution in [0.5, 0.6) is 0 Å². The Morgan fingerprint density at radius 1 is 0.651 bits per heavy atom. The highest BCUT2D eigenvalue weighted by atomic mass is 28.4. The highest BCUT2D eigenvalue weighted by molar-refractivity contribution is 6.60. The average molecular weight is 684 g/mol. The van der Waals surface area contributed by atoms with Crippen LogP contribution in [0.4, 0.5) is 57.5 Å². The zero-order valence-electron chi connectivity index (χ0n) is 23.1. The number of alkyl carbamates (subject to hydrolysis) is 1. The topological polar surface area (TPSA) is 93.7 Å². The lowest BCUT2D eigenvalue weighted by Gasteiger charge is -2.35. The Morgan fingerprint density at radius 3 is 1.30 bits per heavy atom. The van der Waals surface area contributed by atoms with Crippen LogP contribution in [0.25, 0.3) is 0 Å². The summed E-state index contributed by atoms with van der Waals surface area (Å²) < 4.78 is 188. The lowest BCUT2D eigenvalue weighted by Crippen LogP contribution is -2.49. The van der Waals surface area contributed by atoms with Gasteiger partial charge in [-0.15, -0.1) is 0 Å². The van der Waals surface area contributed by atoms with Crippen molar-refractivity contribution < 1.29 is 89.7 Å². The zero-order chi connectivity index (χ0) is 33.5. The molecule has 0 aliphatic rings. The fourth-order valence-electron chi connectivity index (χ4n) is 2.95. The maximum atomic E-state index is 13.4. The molecular formula is C21H33F12NO8Si. The molecule has 0 aliphatic carbocycles. The number of ether oxygens (including phenoxy) is 4. The molecule has 1 N–H and O–H groups in total. The number of nitrogens with one attached hydrogen (secondary N) is 1.